The fraction of sp³-hybridized carbons (Fsp3) is 0.529. The van der Waals surface area contributed by atoms with Crippen LogP contribution in [0.3, 0.4) is 0 Å². The largest absolute Gasteiger partial charge is 0.357 e. The highest BCUT2D eigenvalue weighted by Gasteiger charge is 2.09. The normalized spacial score (nSPS) is 10.8. The molecule has 0 aliphatic heterocycles. The Balaban J connectivity index is 0.00000576. The van der Waals surface area contributed by atoms with Crippen molar-refractivity contribution in [3.63, 3.8) is 0 Å². The van der Waals surface area contributed by atoms with E-state index in [4.69, 9.17) is 0 Å². The van der Waals surface area contributed by atoms with Gasteiger partial charge in [0.1, 0.15) is 5.82 Å². The minimum Gasteiger partial charge on any atom is -0.357 e. The zero-order valence-electron chi connectivity index (χ0n) is 14.9. The van der Waals surface area contributed by atoms with Crippen LogP contribution in [0.5, 0.6) is 0 Å². The molecule has 0 aromatic heterocycles. The van der Waals surface area contributed by atoms with E-state index in [2.05, 4.69) is 31.6 Å². The summed E-state index contributed by atoms with van der Waals surface area (Å²) in [5, 5.41) is 6.21. The van der Waals surface area contributed by atoms with E-state index >= 15 is 0 Å². The molecule has 2 N–H and O–H groups in total. The Labute approximate surface area is 175 Å². The van der Waals surface area contributed by atoms with Crippen molar-refractivity contribution in [2.45, 2.75) is 33.7 Å². The Bertz CT molecular complexity index is 568. The molecule has 0 saturated heterocycles. The molecule has 0 heterocycles. The molecular weight excluding hydrogens is 502 g/mol. The Hall–Kier alpha value is -0.900. The van der Waals surface area contributed by atoms with Crippen LogP contribution >= 0.6 is 39.9 Å². The van der Waals surface area contributed by atoms with Crippen LogP contribution in [0.1, 0.15) is 32.8 Å². The number of amides is 1. The maximum atomic E-state index is 13.7. The molecule has 0 aliphatic carbocycles. The summed E-state index contributed by atoms with van der Waals surface area (Å²) in [6.07, 6.45) is 0.400. The summed E-state index contributed by atoms with van der Waals surface area (Å²) in [5.41, 5.74) is 0.515. The molecule has 1 aromatic rings. The maximum Gasteiger partial charge on any atom is 0.224 e. The lowest BCUT2D eigenvalue weighted by atomic mass is 10.2. The van der Waals surface area contributed by atoms with Crippen LogP contribution in [-0.2, 0) is 11.3 Å². The monoisotopic (exact) mass is 528 g/mol. The third-order valence-corrected chi connectivity index (χ3v) is 4.00. The first-order chi connectivity index (χ1) is 11.5. The molecule has 0 fully saturated rings. The summed E-state index contributed by atoms with van der Waals surface area (Å²) in [4.78, 5) is 18.1. The van der Waals surface area contributed by atoms with Gasteiger partial charge in [-0.05, 0) is 39.0 Å². The molecule has 1 amide bonds. The number of carbonyl (C=O) groups is 1. The summed E-state index contributed by atoms with van der Waals surface area (Å²) >= 11 is 3.33. The Morgan fingerprint density at radius 2 is 1.92 bits per heavy atom. The highest BCUT2D eigenvalue weighted by atomic mass is 127. The van der Waals surface area contributed by atoms with Gasteiger partial charge in [0.25, 0.3) is 0 Å². The lowest BCUT2D eigenvalue weighted by Gasteiger charge is -2.19. The molecule has 0 atom stereocenters. The van der Waals surface area contributed by atoms with Crippen molar-refractivity contribution in [2.24, 2.45) is 4.99 Å². The third kappa shape index (κ3) is 8.84. The van der Waals surface area contributed by atoms with Crippen molar-refractivity contribution < 1.29 is 9.18 Å². The first-order valence-electron chi connectivity index (χ1n) is 8.25. The summed E-state index contributed by atoms with van der Waals surface area (Å²) in [7, 11) is 0. The van der Waals surface area contributed by atoms with Gasteiger partial charge in [0.15, 0.2) is 5.96 Å². The second-order valence-corrected chi connectivity index (χ2v) is 6.09. The second-order valence-electron chi connectivity index (χ2n) is 5.17. The van der Waals surface area contributed by atoms with Gasteiger partial charge in [-0.15, -0.1) is 24.0 Å². The molecule has 1 aromatic carbocycles. The first-order valence-corrected chi connectivity index (χ1v) is 9.04. The Morgan fingerprint density at radius 1 is 1.24 bits per heavy atom. The highest BCUT2D eigenvalue weighted by Crippen LogP contribution is 2.16. The minimum atomic E-state index is -0.283. The van der Waals surface area contributed by atoms with Gasteiger partial charge in [-0.25, -0.2) is 9.38 Å². The van der Waals surface area contributed by atoms with Crippen molar-refractivity contribution in [1.82, 2.24) is 15.5 Å². The molecule has 0 radical (unpaired) electrons. The molecule has 1 rings (SSSR count). The number of benzene rings is 1. The Morgan fingerprint density at radius 3 is 2.52 bits per heavy atom. The number of nitrogens with one attached hydrogen (secondary N) is 2. The zero-order chi connectivity index (χ0) is 17.9. The smallest absolute Gasteiger partial charge is 0.224 e. The molecule has 8 heteroatoms. The summed E-state index contributed by atoms with van der Waals surface area (Å²) in [6.45, 7) is 8.72. The SMILES string of the molecule is CCNC(=NCc1cc(Br)ccc1F)NCCC(=O)N(CC)CC.I. The summed E-state index contributed by atoms with van der Waals surface area (Å²) in [5.74, 6) is 0.403. The standard InChI is InChI=1S/C17H26BrFN4O.HI/c1-4-20-17(21-10-9-16(24)23(5-2)6-3)22-12-13-11-14(18)7-8-15(13)19;/h7-8,11H,4-6,9-10,12H2,1-3H3,(H2,20,21,22);1H. The average Bonchev–Trinajstić information content (AvgIpc) is 2.56. The van der Waals surface area contributed by atoms with Gasteiger partial charge >= 0.3 is 0 Å². The summed E-state index contributed by atoms with van der Waals surface area (Å²) < 4.78 is 14.6. The number of nitrogens with zero attached hydrogens (tertiary/aromatic N) is 2. The average molecular weight is 529 g/mol. The number of hydrogen-bond acceptors (Lipinski definition) is 2. The van der Waals surface area contributed by atoms with E-state index in [9.17, 15) is 9.18 Å². The Kier molecular flexibility index (Phi) is 12.8. The quantitative estimate of drug-likeness (QED) is 0.308. The fourth-order valence-corrected chi connectivity index (χ4v) is 2.60. The van der Waals surface area contributed by atoms with Crippen LogP contribution in [0.25, 0.3) is 0 Å². The van der Waals surface area contributed by atoms with Crippen molar-refractivity contribution in [3.8, 4) is 0 Å². The van der Waals surface area contributed by atoms with E-state index in [1.807, 2.05) is 20.8 Å². The topological polar surface area (TPSA) is 56.7 Å². The van der Waals surface area contributed by atoms with Crippen LogP contribution in [0.15, 0.2) is 27.7 Å². The van der Waals surface area contributed by atoms with Gasteiger partial charge in [-0.1, -0.05) is 15.9 Å². The zero-order valence-corrected chi connectivity index (χ0v) is 18.9. The highest BCUT2D eigenvalue weighted by molar-refractivity contribution is 14.0. The van der Waals surface area contributed by atoms with Crippen LogP contribution < -0.4 is 10.6 Å². The van der Waals surface area contributed by atoms with Gasteiger partial charge in [0, 0.05) is 42.6 Å². The molecule has 0 bridgehead atoms. The lowest BCUT2D eigenvalue weighted by Crippen LogP contribution is -2.40. The number of aliphatic imine (C=N–C) groups is 1. The van der Waals surface area contributed by atoms with Gasteiger partial charge in [0.2, 0.25) is 5.91 Å². The molecule has 0 unspecified atom stereocenters. The van der Waals surface area contributed by atoms with Crippen LogP contribution in [0.4, 0.5) is 4.39 Å². The van der Waals surface area contributed by atoms with E-state index in [1.54, 1.807) is 17.0 Å². The van der Waals surface area contributed by atoms with E-state index in [-0.39, 0.29) is 42.2 Å². The minimum absolute atomic E-state index is 0. The van der Waals surface area contributed by atoms with Gasteiger partial charge < -0.3 is 15.5 Å². The van der Waals surface area contributed by atoms with Crippen molar-refractivity contribution >= 4 is 51.8 Å². The van der Waals surface area contributed by atoms with Crippen molar-refractivity contribution in [2.75, 3.05) is 26.2 Å². The van der Waals surface area contributed by atoms with Crippen LogP contribution in [0.2, 0.25) is 0 Å². The molecule has 25 heavy (non-hydrogen) atoms. The van der Waals surface area contributed by atoms with E-state index in [1.165, 1.54) is 6.07 Å². The molecular formula is C17H27BrFIN4O. The van der Waals surface area contributed by atoms with Crippen LogP contribution in [0, 0.1) is 5.82 Å². The van der Waals surface area contributed by atoms with E-state index < -0.39 is 0 Å². The molecule has 0 spiro atoms. The molecule has 0 saturated carbocycles. The molecule has 142 valence electrons. The van der Waals surface area contributed by atoms with Gasteiger partial charge in [-0.2, -0.15) is 0 Å². The van der Waals surface area contributed by atoms with Crippen molar-refractivity contribution in [1.29, 1.82) is 0 Å². The predicted molar refractivity (Wildman–Crippen MR) is 115 cm³/mol. The predicted octanol–water partition coefficient (Wildman–Crippen LogP) is 3.52. The second kappa shape index (κ2) is 13.3. The van der Waals surface area contributed by atoms with Crippen molar-refractivity contribution in [3.05, 3.63) is 34.1 Å². The molecule has 0 aliphatic rings. The molecule has 5 nitrogen and oxygen atoms in total. The van der Waals surface area contributed by atoms with Gasteiger partial charge in [-0.3, -0.25) is 4.79 Å². The third-order valence-electron chi connectivity index (χ3n) is 3.51. The van der Waals surface area contributed by atoms with E-state index in [0.717, 1.165) is 4.47 Å². The number of guanidine groups is 1. The fourth-order valence-electron chi connectivity index (χ4n) is 2.19. The van der Waals surface area contributed by atoms with Gasteiger partial charge in [0.05, 0.1) is 6.54 Å². The van der Waals surface area contributed by atoms with E-state index in [0.29, 0.717) is 44.1 Å². The number of carbonyl (C=O) groups excluding carboxylic acids is 1. The maximum absolute atomic E-state index is 13.7. The summed E-state index contributed by atoms with van der Waals surface area (Å²) in [6, 6.07) is 4.79. The number of rotatable bonds is 8. The lowest BCUT2D eigenvalue weighted by molar-refractivity contribution is -0.130. The first kappa shape index (κ1) is 24.1. The number of hydrogen-bond donors (Lipinski definition) is 2. The number of halogens is 3. The van der Waals surface area contributed by atoms with Crippen LogP contribution in [-0.4, -0.2) is 42.9 Å².